The number of carbonyl (C=O) groups excluding carboxylic acids is 2. The predicted molar refractivity (Wildman–Crippen MR) is 116 cm³/mol. The maximum atomic E-state index is 12.8. The van der Waals surface area contributed by atoms with E-state index in [4.69, 9.17) is 4.42 Å². The molecular formula is C22H20F2N6O4. The molecular weight excluding hydrogens is 450 g/mol. The lowest BCUT2D eigenvalue weighted by Crippen LogP contribution is -2.25. The van der Waals surface area contributed by atoms with Gasteiger partial charge >= 0.3 is 6.61 Å². The molecule has 3 aromatic heterocycles. The standard InChI is InChI=1S/C22H20F2N6O4/c1-2-30-12-18(19(29-30)21(32)25-11-15-4-3-9-33-15)26-20(31)17-10-16(27-28-17)13-5-7-14(8-6-13)34-22(23)24/h3-10,12,22H,2,11H2,1H3,(H,25,32)(H,26,31)(H,27,28). The van der Waals surface area contributed by atoms with Crippen LogP contribution in [0.4, 0.5) is 14.5 Å². The van der Waals surface area contributed by atoms with Crippen molar-refractivity contribution in [1.29, 1.82) is 0 Å². The van der Waals surface area contributed by atoms with Crippen molar-refractivity contribution < 1.29 is 27.5 Å². The third-order valence-electron chi connectivity index (χ3n) is 4.75. The summed E-state index contributed by atoms with van der Waals surface area (Å²) >= 11 is 0. The van der Waals surface area contributed by atoms with E-state index in [1.54, 1.807) is 30.5 Å². The molecule has 176 valence electrons. The Kier molecular flexibility index (Phi) is 6.67. The molecule has 0 saturated carbocycles. The van der Waals surface area contributed by atoms with Gasteiger partial charge in [-0.25, -0.2) is 0 Å². The number of nitrogens with one attached hydrogen (secondary N) is 3. The fourth-order valence-electron chi connectivity index (χ4n) is 3.09. The Balaban J connectivity index is 1.46. The molecule has 10 nitrogen and oxygen atoms in total. The van der Waals surface area contributed by atoms with E-state index >= 15 is 0 Å². The molecule has 1 aromatic carbocycles. The van der Waals surface area contributed by atoms with E-state index < -0.39 is 18.4 Å². The van der Waals surface area contributed by atoms with Crippen molar-refractivity contribution in [2.45, 2.75) is 26.6 Å². The Labute approximate surface area is 191 Å². The van der Waals surface area contributed by atoms with Crippen LogP contribution in [-0.2, 0) is 13.1 Å². The van der Waals surface area contributed by atoms with Crippen molar-refractivity contribution in [3.8, 4) is 17.0 Å². The van der Waals surface area contributed by atoms with E-state index in [1.165, 1.54) is 29.1 Å². The third kappa shape index (κ3) is 5.28. The average molecular weight is 470 g/mol. The zero-order chi connectivity index (χ0) is 24.1. The number of aryl methyl sites for hydroxylation is 1. The SMILES string of the molecule is CCn1cc(NC(=O)c2cc(-c3ccc(OC(F)F)cc3)n[nH]2)c(C(=O)NCc2ccco2)n1. The van der Waals surface area contributed by atoms with Crippen LogP contribution in [0.2, 0.25) is 0 Å². The van der Waals surface area contributed by atoms with Crippen LogP contribution in [-0.4, -0.2) is 38.4 Å². The Hall–Kier alpha value is -4.48. The normalized spacial score (nSPS) is 10.9. The summed E-state index contributed by atoms with van der Waals surface area (Å²) in [6, 6.07) is 10.8. The van der Waals surface area contributed by atoms with E-state index in [0.717, 1.165) is 0 Å². The topological polar surface area (TPSA) is 127 Å². The molecule has 4 rings (SSSR count). The van der Waals surface area contributed by atoms with Crippen LogP contribution in [0.3, 0.4) is 0 Å². The molecule has 0 saturated heterocycles. The fraction of sp³-hybridized carbons (Fsp3) is 0.182. The van der Waals surface area contributed by atoms with Gasteiger partial charge in [-0.15, -0.1) is 0 Å². The number of hydrogen-bond acceptors (Lipinski definition) is 6. The van der Waals surface area contributed by atoms with Gasteiger partial charge in [0, 0.05) is 18.3 Å². The van der Waals surface area contributed by atoms with Crippen LogP contribution >= 0.6 is 0 Å². The minimum atomic E-state index is -2.92. The number of hydrogen-bond donors (Lipinski definition) is 3. The number of aromatic amines is 1. The molecule has 0 atom stereocenters. The average Bonchev–Trinajstić information content (AvgIpc) is 3.58. The third-order valence-corrected chi connectivity index (χ3v) is 4.75. The second-order valence-electron chi connectivity index (χ2n) is 7.03. The van der Waals surface area contributed by atoms with Crippen molar-refractivity contribution in [3.63, 3.8) is 0 Å². The highest BCUT2D eigenvalue weighted by molar-refractivity contribution is 6.07. The summed E-state index contributed by atoms with van der Waals surface area (Å²) in [5.41, 5.74) is 1.43. The quantitative estimate of drug-likeness (QED) is 0.343. The highest BCUT2D eigenvalue weighted by Gasteiger charge is 2.20. The molecule has 0 aliphatic carbocycles. The van der Waals surface area contributed by atoms with Gasteiger partial charge in [0.2, 0.25) is 0 Å². The second-order valence-corrected chi connectivity index (χ2v) is 7.03. The first kappa shape index (κ1) is 22.7. The Morgan fingerprint density at radius 2 is 2.00 bits per heavy atom. The summed E-state index contributed by atoms with van der Waals surface area (Å²) in [4.78, 5) is 25.4. The number of halogens is 2. The lowest BCUT2D eigenvalue weighted by Gasteiger charge is -2.05. The zero-order valence-electron chi connectivity index (χ0n) is 17.9. The van der Waals surface area contributed by atoms with Crippen LogP contribution < -0.4 is 15.4 Å². The summed E-state index contributed by atoms with van der Waals surface area (Å²) in [7, 11) is 0. The maximum absolute atomic E-state index is 12.8. The van der Waals surface area contributed by atoms with Gasteiger partial charge in [-0.05, 0) is 49.4 Å². The molecule has 0 aliphatic heterocycles. The summed E-state index contributed by atoms with van der Waals surface area (Å²) in [6.45, 7) is -0.403. The predicted octanol–water partition coefficient (Wildman–Crippen LogP) is 3.67. The minimum Gasteiger partial charge on any atom is -0.467 e. The van der Waals surface area contributed by atoms with Gasteiger partial charge in [0.15, 0.2) is 5.69 Å². The van der Waals surface area contributed by atoms with Gasteiger partial charge in [-0.2, -0.15) is 19.0 Å². The number of ether oxygens (including phenoxy) is 1. The van der Waals surface area contributed by atoms with Crippen LogP contribution in [0.15, 0.2) is 59.3 Å². The molecule has 0 spiro atoms. The number of anilines is 1. The summed E-state index contributed by atoms with van der Waals surface area (Å²) < 4.78 is 35.7. The lowest BCUT2D eigenvalue weighted by molar-refractivity contribution is -0.0498. The number of H-pyrrole nitrogens is 1. The first-order valence-electron chi connectivity index (χ1n) is 10.2. The monoisotopic (exact) mass is 470 g/mol. The number of rotatable bonds is 9. The number of aromatic nitrogens is 4. The Bertz CT molecular complexity index is 1270. The summed E-state index contributed by atoms with van der Waals surface area (Å²) in [6.07, 6.45) is 3.06. The molecule has 12 heteroatoms. The summed E-state index contributed by atoms with van der Waals surface area (Å²) in [5.74, 6) is -0.423. The van der Waals surface area contributed by atoms with E-state index in [9.17, 15) is 18.4 Å². The number of alkyl halides is 2. The van der Waals surface area contributed by atoms with Crippen molar-refractivity contribution in [2.24, 2.45) is 0 Å². The van der Waals surface area contributed by atoms with Gasteiger partial charge in [-0.3, -0.25) is 19.4 Å². The Morgan fingerprint density at radius 1 is 1.21 bits per heavy atom. The fourth-order valence-corrected chi connectivity index (χ4v) is 3.09. The smallest absolute Gasteiger partial charge is 0.387 e. The maximum Gasteiger partial charge on any atom is 0.387 e. The van der Waals surface area contributed by atoms with Crippen LogP contribution in [0.25, 0.3) is 11.3 Å². The molecule has 3 heterocycles. The van der Waals surface area contributed by atoms with E-state index in [-0.39, 0.29) is 29.4 Å². The van der Waals surface area contributed by atoms with Crippen LogP contribution in [0, 0.1) is 0 Å². The molecule has 3 N–H and O–H groups in total. The highest BCUT2D eigenvalue weighted by Crippen LogP contribution is 2.23. The molecule has 0 aliphatic rings. The van der Waals surface area contributed by atoms with Gasteiger partial charge in [0.25, 0.3) is 11.8 Å². The number of benzene rings is 1. The first-order valence-corrected chi connectivity index (χ1v) is 10.2. The molecule has 0 unspecified atom stereocenters. The number of nitrogens with zero attached hydrogens (tertiary/aromatic N) is 3. The van der Waals surface area contributed by atoms with Crippen LogP contribution in [0.5, 0.6) is 5.75 Å². The van der Waals surface area contributed by atoms with Crippen molar-refractivity contribution in [3.05, 3.63) is 72.1 Å². The molecule has 34 heavy (non-hydrogen) atoms. The van der Waals surface area contributed by atoms with Crippen molar-refractivity contribution in [2.75, 3.05) is 5.32 Å². The minimum absolute atomic E-state index is 0.0121. The second kappa shape index (κ2) is 9.98. The lowest BCUT2D eigenvalue weighted by atomic mass is 10.1. The molecule has 4 aromatic rings. The largest absolute Gasteiger partial charge is 0.467 e. The number of amides is 2. The zero-order valence-corrected chi connectivity index (χ0v) is 17.9. The van der Waals surface area contributed by atoms with Gasteiger partial charge in [0.1, 0.15) is 17.2 Å². The summed E-state index contributed by atoms with van der Waals surface area (Å²) in [5, 5.41) is 16.3. The first-order chi connectivity index (χ1) is 16.4. The Morgan fingerprint density at radius 3 is 2.68 bits per heavy atom. The highest BCUT2D eigenvalue weighted by atomic mass is 19.3. The van der Waals surface area contributed by atoms with Crippen molar-refractivity contribution in [1.82, 2.24) is 25.3 Å². The molecule has 0 radical (unpaired) electrons. The van der Waals surface area contributed by atoms with Gasteiger partial charge < -0.3 is 19.8 Å². The van der Waals surface area contributed by atoms with Gasteiger partial charge in [0.05, 0.1) is 24.2 Å². The molecule has 0 fully saturated rings. The number of furan rings is 1. The molecule has 0 bridgehead atoms. The molecule has 2 amide bonds. The number of carbonyl (C=O) groups is 2. The van der Waals surface area contributed by atoms with Crippen LogP contribution in [0.1, 0.15) is 33.7 Å². The van der Waals surface area contributed by atoms with Crippen molar-refractivity contribution >= 4 is 17.5 Å². The van der Waals surface area contributed by atoms with E-state index in [1.807, 2.05) is 6.92 Å². The van der Waals surface area contributed by atoms with E-state index in [0.29, 0.717) is 23.6 Å². The van der Waals surface area contributed by atoms with E-state index in [2.05, 4.69) is 30.7 Å². The van der Waals surface area contributed by atoms with Gasteiger partial charge in [-0.1, -0.05) is 0 Å².